The molecule has 0 bridgehead atoms. The number of ether oxygens (including phenoxy) is 2. The van der Waals surface area contributed by atoms with Gasteiger partial charge in [0.1, 0.15) is 5.60 Å². The number of carbonyl (C=O) groups is 2. The van der Waals surface area contributed by atoms with E-state index in [1.165, 1.54) is 24.3 Å². The normalized spacial score (nSPS) is 12.0. The van der Waals surface area contributed by atoms with E-state index in [1.807, 2.05) is 0 Å². The monoisotopic (exact) mass is 609 g/mol. The molecule has 2 aromatic rings. The molecule has 42 heavy (non-hydrogen) atoms. The highest BCUT2D eigenvalue weighted by Gasteiger charge is 2.42. The zero-order valence-corrected chi connectivity index (χ0v) is 23.2. The van der Waals surface area contributed by atoms with Gasteiger partial charge in [0.15, 0.2) is 6.61 Å². The van der Waals surface area contributed by atoms with E-state index < -0.39 is 49.0 Å². The number of nitrogens with one attached hydrogen (secondary N) is 2. The molecule has 1 amide bonds. The fraction of sp³-hybridized carbons (Fsp3) is 0.560. The Hall–Kier alpha value is -3.89. The number of benzene rings is 1. The van der Waals surface area contributed by atoms with Crippen molar-refractivity contribution in [1.82, 2.24) is 19.9 Å². The second-order valence-corrected chi connectivity index (χ2v) is 9.94. The Bertz CT molecular complexity index is 1170. The summed E-state index contributed by atoms with van der Waals surface area (Å²) in [5, 5.41) is 5.32. The van der Waals surface area contributed by atoms with Gasteiger partial charge in [-0.3, -0.25) is 4.79 Å². The van der Waals surface area contributed by atoms with E-state index in [4.69, 9.17) is 10.5 Å². The van der Waals surface area contributed by atoms with Crippen molar-refractivity contribution in [2.75, 3.05) is 43.4 Å². The average molecular weight is 610 g/mol. The van der Waals surface area contributed by atoms with Crippen molar-refractivity contribution < 1.29 is 45.4 Å². The number of nitrogens with two attached hydrogens (primary N) is 1. The fourth-order valence-electron chi connectivity index (χ4n) is 3.28. The number of carbonyl (C=O) groups excluding carboxylic acids is 2. The van der Waals surface area contributed by atoms with Crippen LogP contribution in [-0.4, -0.2) is 82.5 Å². The van der Waals surface area contributed by atoms with Gasteiger partial charge in [-0.1, -0.05) is 6.42 Å². The molecule has 1 heterocycles. The summed E-state index contributed by atoms with van der Waals surface area (Å²) in [5.41, 5.74) is 5.25. The summed E-state index contributed by atoms with van der Waals surface area (Å²) >= 11 is 0. The van der Waals surface area contributed by atoms with E-state index in [2.05, 4.69) is 30.3 Å². The van der Waals surface area contributed by atoms with Crippen LogP contribution in [0, 0.1) is 0 Å². The number of alkyl halides is 6. The number of hydrogen-bond acceptors (Lipinski definition) is 10. The first-order valence-corrected chi connectivity index (χ1v) is 12.8. The molecule has 0 fully saturated rings. The van der Waals surface area contributed by atoms with Gasteiger partial charge >= 0.3 is 30.2 Å². The van der Waals surface area contributed by atoms with Crippen molar-refractivity contribution in [2.45, 2.75) is 58.0 Å². The number of hydrogen-bond donors (Lipinski definition) is 3. The Balaban J connectivity index is 2.18. The predicted molar refractivity (Wildman–Crippen MR) is 140 cm³/mol. The first kappa shape index (κ1) is 34.3. The van der Waals surface area contributed by atoms with Gasteiger partial charge in [0.25, 0.3) is 0 Å². The van der Waals surface area contributed by atoms with Gasteiger partial charge in [-0.25, -0.2) is 4.79 Å². The summed E-state index contributed by atoms with van der Waals surface area (Å²) in [7, 11) is 0. The van der Waals surface area contributed by atoms with E-state index in [9.17, 15) is 35.9 Å². The number of esters is 1. The lowest BCUT2D eigenvalue weighted by Crippen LogP contribution is -2.43. The molecule has 0 aliphatic carbocycles. The average Bonchev–Trinajstić information content (AvgIpc) is 2.87. The molecule has 17 heteroatoms. The maximum atomic E-state index is 13.1. The molecule has 11 nitrogen and oxygen atoms in total. The standard InChI is InChI=1S/C25H33F6N7O4/c1-23(2,3)42-18(39)16-7-9-17(10-8-16)34-21-35-20(36-22(37-21)41-15-24(26,27)28)33-12-14-38(13-6-4-5-11-32)19(40)25(29,30)31/h7-10H,4-6,11-15,32H2,1-3H3,(H2,33,34,35,36,37). The quantitative estimate of drug-likeness (QED) is 0.160. The molecule has 0 unspecified atom stereocenters. The number of amides is 1. The van der Waals surface area contributed by atoms with Crippen molar-refractivity contribution in [3.8, 4) is 6.01 Å². The Morgan fingerprint density at radius 3 is 2.12 bits per heavy atom. The number of rotatable bonds is 14. The third-order valence-corrected chi connectivity index (χ3v) is 5.08. The van der Waals surface area contributed by atoms with Crippen LogP contribution in [0.15, 0.2) is 24.3 Å². The maximum Gasteiger partial charge on any atom is 0.471 e. The van der Waals surface area contributed by atoms with Crippen LogP contribution in [0.5, 0.6) is 6.01 Å². The van der Waals surface area contributed by atoms with Crippen LogP contribution in [0.3, 0.4) is 0 Å². The second-order valence-electron chi connectivity index (χ2n) is 9.94. The molecule has 0 aliphatic rings. The van der Waals surface area contributed by atoms with Gasteiger partial charge in [0.05, 0.1) is 5.56 Å². The summed E-state index contributed by atoms with van der Waals surface area (Å²) in [6.45, 7) is 2.92. The van der Waals surface area contributed by atoms with Crippen molar-refractivity contribution >= 4 is 29.5 Å². The minimum Gasteiger partial charge on any atom is -0.456 e. The van der Waals surface area contributed by atoms with E-state index in [-0.39, 0.29) is 30.5 Å². The molecule has 0 radical (unpaired) electrons. The highest BCUT2D eigenvalue weighted by Crippen LogP contribution is 2.22. The summed E-state index contributed by atoms with van der Waals surface area (Å²) in [5.74, 6) is -3.18. The van der Waals surface area contributed by atoms with Crippen LogP contribution >= 0.6 is 0 Å². The third-order valence-electron chi connectivity index (χ3n) is 5.08. The Labute approximate surface area is 238 Å². The van der Waals surface area contributed by atoms with Crippen molar-refractivity contribution in [3.05, 3.63) is 29.8 Å². The molecular formula is C25H33F6N7O4. The van der Waals surface area contributed by atoms with Crippen molar-refractivity contribution in [1.29, 1.82) is 0 Å². The highest BCUT2D eigenvalue weighted by atomic mass is 19.4. The first-order valence-electron chi connectivity index (χ1n) is 12.8. The van der Waals surface area contributed by atoms with E-state index in [0.717, 1.165) is 0 Å². The van der Waals surface area contributed by atoms with Crippen LogP contribution in [0.4, 0.5) is 43.9 Å². The Morgan fingerprint density at radius 1 is 0.905 bits per heavy atom. The molecule has 2 rings (SSSR count). The molecule has 0 spiro atoms. The summed E-state index contributed by atoms with van der Waals surface area (Å²) < 4.78 is 87.2. The molecule has 0 atom stereocenters. The molecule has 234 valence electrons. The Kier molecular flexibility index (Phi) is 12.1. The number of anilines is 3. The van der Waals surface area contributed by atoms with Gasteiger partial charge < -0.3 is 30.7 Å². The lowest BCUT2D eigenvalue weighted by molar-refractivity contribution is -0.185. The van der Waals surface area contributed by atoms with Gasteiger partial charge in [-0.05, 0) is 64.4 Å². The molecule has 0 aliphatic heterocycles. The number of aromatic nitrogens is 3. The topological polar surface area (TPSA) is 145 Å². The largest absolute Gasteiger partial charge is 0.471 e. The van der Waals surface area contributed by atoms with E-state index >= 15 is 0 Å². The van der Waals surface area contributed by atoms with Crippen LogP contribution in [0.25, 0.3) is 0 Å². The molecule has 1 aromatic carbocycles. The minimum absolute atomic E-state index is 0.177. The van der Waals surface area contributed by atoms with Gasteiger partial charge in [0, 0.05) is 25.3 Å². The van der Waals surface area contributed by atoms with E-state index in [0.29, 0.717) is 36.4 Å². The number of unbranched alkanes of at least 4 members (excludes halogenated alkanes) is 2. The molecule has 4 N–H and O–H groups in total. The third kappa shape index (κ3) is 12.7. The van der Waals surface area contributed by atoms with Gasteiger partial charge in [0.2, 0.25) is 11.9 Å². The number of nitrogens with zero attached hydrogens (tertiary/aromatic N) is 4. The summed E-state index contributed by atoms with van der Waals surface area (Å²) in [6, 6.07) is 5.10. The maximum absolute atomic E-state index is 13.1. The fourth-order valence-corrected chi connectivity index (χ4v) is 3.28. The highest BCUT2D eigenvalue weighted by molar-refractivity contribution is 5.90. The summed E-state index contributed by atoms with van der Waals surface area (Å²) in [6.07, 6.45) is -8.39. The smallest absolute Gasteiger partial charge is 0.456 e. The Morgan fingerprint density at radius 2 is 1.55 bits per heavy atom. The lowest BCUT2D eigenvalue weighted by atomic mass is 10.1. The van der Waals surface area contributed by atoms with E-state index in [1.54, 1.807) is 20.8 Å². The van der Waals surface area contributed by atoms with Crippen LogP contribution in [0.1, 0.15) is 50.4 Å². The van der Waals surface area contributed by atoms with Crippen molar-refractivity contribution in [3.63, 3.8) is 0 Å². The SMILES string of the molecule is CC(C)(C)OC(=O)c1ccc(Nc2nc(NCCN(CCCCCN)C(=O)C(F)(F)F)nc(OCC(F)(F)F)n2)cc1. The van der Waals surface area contributed by atoms with Crippen LogP contribution in [0.2, 0.25) is 0 Å². The number of halogens is 6. The van der Waals surface area contributed by atoms with Crippen molar-refractivity contribution in [2.24, 2.45) is 5.73 Å². The molecule has 0 saturated carbocycles. The first-order chi connectivity index (χ1) is 19.5. The second kappa shape index (κ2) is 14.8. The molecule has 1 aromatic heterocycles. The molecule has 0 saturated heterocycles. The zero-order chi connectivity index (χ0) is 31.6. The lowest BCUT2D eigenvalue weighted by Gasteiger charge is -2.24. The molecular weight excluding hydrogens is 576 g/mol. The zero-order valence-electron chi connectivity index (χ0n) is 23.2. The van der Waals surface area contributed by atoms with Gasteiger partial charge in [-0.15, -0.1) is 0 Å². The van der Waals surface area contributed by atoms with Crippen LogP contribution in [-0.2, 0) is 9.53 Å². The van der Waals surface area contributed by atoms with Crippen LogP contribution < -0.4 is 21.1 Å². The van der Waals surface area contributed by atoms with Gasteiger partial charge in [-0.2, -0.15) is 41.3 Å². The predicted octanol–water partition coefficient (Wildman–Crippen LogP) is 4.44. The minimum atomic E-state index is -5.09. The summed E-state index contributed by atoms with van der Waals surface area (Å²) in [4.78, 5) is 36.2.